The highest BCUT2D eigenvalue weighted by atomic mass is 32.2. The molecular formula is C15H12N4O2S. The second kappa shape index (κ2) is 6.40. The first-order valence-corrected chi connectivity index (χ1v) is 7.47. The molecule has 0 unspecified atom stereocenters. The van der Waals surface area contributed by atoms with Gasteiger partial charge in [0.25, 0.3) is 0 Å². The topological polar surface area (TPSA) is 94.9 Å². The lowest BCUT2D eigenvalue weighted by Crippen LogP contribution is -2.10. The summed E-state index contributed by atoms with van der Waals surface area (Å²) < 4.78 is 5.20. The van der Waals surface area contributed by atoms with E-state index in [1.165, 1.54) is 11.8 Å². The number of carbonyl (C=O) groups excluding carboxylic acids is 1. The Morgan fingerprint density at radius 1 is 1.23 bits per heavy atom. The molecule has 2 heterocycles. The van der Waals surface area contributed by atoms with Gasteiger partial charge >= 0.3 is 0 Å². The molecule has 2 aromatic heterocycles. The molecule has 0 aliphatic heterocycles. The van der Waals surface area contributed by atoms with Crippen LogP contribution in [0.4, 0.5) is 0 Å². The third-order valence-corrected chi connectivity index (χ3v) is 3.82. The Morgan fingerprint density at radius 2 is 2.14 bits per heavy atom. The van der Waals surface area contributed by atoms with Gasteiger partial charge in [0.2, 0.25) is 17.6 Å². The highest BCUT2D eigenvalue weighted by Crippen LogP contribution is 2.23. The van der Waals surface area contributed by atoms with E-state index in [0.29, 0.717) is 28.7 Å². The molecule has 0 bridgehead atoms. The van der Waals surface area contributed by atoms with Crippen molar-refractivity contribution in [1.29, 1.82) is 0 Å². The van der Waals surface area contributed by atoms with Crippen molar-refractivity contribution >= 4 is 17.7 Å². The van der Waals surface area contributed by atoms with Crippen LogP contribution in [0.3, 0.4) is 0 Å². The molecule has 0 saturated heterocycles. The maximum atomic E-state index is 11.2. The van der Waals surface area contributed by atoms with Gasteiger partial charge in [0.05, 0.1) is 5.75 Å². The van der Waals surface area contributed by atoms with Gasteiger partial charge in [-0.15, -0.1) is 11.8 Å². The molecule has 0 aliphatic carbocycles. The van der Waals surface area contributed by atoms with Crippen LogP contribution < -0.4 is 5.73 Å². The Balaban J connectivity index is 1.69. The van der Waals surface area contributed by atoms with Crippen molar-refractivity contribution in [3.05, 3.63) is 60.1 Å². The van der Waals surface area contributed by atoms with Crippen LogP contribution >= 0.6 is 11.8 Å². The zero-order valence-electron chi connectivity index (χ0n) is 11.5. The minimum Gasteiger partial charge on any atom is -0.366 e. The fraction of sp³-hybridized carbons (Fsp3) is 0.0667. The fourth-order valence-corrected chi connectivity index (χ4v) is 2.59. The molecule has 0 atom stereocenters. The minimum absolute atomic E-state index is 0.447. The number of thioether (sulfide) groups is 1. The summed E-state index contributed by atoms with van der Waals surface area (Å²) in [5.41, 5.74) is 6.40. The number of pyridine rings is 1. The summed E-state index contributed by atoms with van der Waals surface area (Å²) in [5, 5.41) is 3.91. The van der Waals surface area contributed by atoms with Crippen LogP contribution in [0.25, 0.3) is 11.5 Å². The van der Waals surface area contributed by atoms with Crippen LogP contribution in [0.5, 0.6) is 0 Å². The summed E-state index contributed by atoms with van der Waals surface area (Å²) >= 11 is 1.49. The predicted octanol–water partition coefficient (Wildman–Crippen LogP) is 2.52. The van der Waals surface area contributed by atoms with Gasteiger partial charge in [-0.25, -0.2) is 0 Å². The molecule has 2 N–H and O–H groups in total. The predicted molar refractivity (Wildman–Crippen MR) is 82.0 cm³/mol. The van der Waals surface area contributed by atoms with E-state index < -0.39 is 5.91 Å². The Labute approximate surface area is 130 Å². The molecule has 7 heteroatoms. The summed E-state index contributed by atoms with van der Waals surface area (Å²) in [4.78, 5) is 20.5. The number of rotatable bonds is 5. The van der Waals surface area contributed by atoms with Crippen LogP contribution in [-0.2, 0) is 5.75 Å². The Bertz CT molecular complexity index is 789. The Kier molecular flexibility index (Phi) is 4.15. The summed E-state index contributed by atoms with van der Waals surface area (Å²) in [6.07, 6.45) is 1.68. The number of carbonyl (C=O) groups is 1. The summed E-state index contributed by atoms with van der Waals surface area (Å²) in [6, 6.07) is 12.6. The number of primary amides is 1. The molecule has 3 aromatic rings. The second-order valence-corrected chi connectivity index (χ2v) is 5.46. The van der Waals surface area contributed by atoms with Gasteiger partial charge in [-0.05, 0) is 30.3 Å². The molecule has 0 fully saturated rings. The average Bonchev–Trinajstić information content (AvgIpc) is 3.03. The lowest BCUT2D eigenvalue weighted by molar-refractivity contribution is 0.1000. The second-order valence-electron chi connectivity index (χ2n) is 4.41. The van der Waals surface area contributed by atoms with Gasteiger partial charge in [0.1, 0.15) is 5.69 Å². The minimum atomic E-state index is -0.447. The lowest BCUT2D eigenvalue weighted by Gasteiger charge is -2.00. The van der Waals surface area contributed by atoms with Crippen molar-refractivity contribution in [2.45, 2.75) is 10.6 Å². The van der Waals surface area contributed by atoms with E-state index in [2.05, 4.69) is 15.1 Å². The first kappa shape index (κ1) is 14.3. The van der Waals surface area contributed by atoms with Crippen molar-refractivity contribution in [3.8, 4) is 11.5 Å². The molecular weight excluding hydrogens is 300 g/mol. The Morgan fingerprint density at radius 3 is 2.91 bits per heavy atom. The van der Waals surface area contributed by atoms with Crippen LogP contribution in [-0.4, -0.2) is 21.0 Å². The molecule has 110 valence electrons. The molecule has 3 rings (SSSR count). The van der Waals surface area contributed by atoms with Crippen molar-refractivity contribution in [2.24, 2.45) is 5.73 Å². The smallest absolute Gasteiger partial charge is 0.248 e. The fourth-order valence-electron chi connectivity index (χ4n) is 1.80. The van der Waals surface area contributed by atoms with E-state index in [-0.39, 0.29) is 0 Å². The highest BCUT2D eigenvalue weighted by molar-refractivity contribution is 7.98. The number of nitrogens with zero attached hydrogens (tertiary/aromatic N) is 3. The summed E-state index contributed by atoms with van der Waals surface area (Å²) in [6.45, 7) is 0. The number of aromatic nitrogens is 3. The van der Waals surface area contributed by atoms with E-state index in [9.17, 15) is 4.79 Å². The lowest BCUT2D eigenvalue weighted by atomic mass is 10.2. The molecule has 6 nitrogen and oxygen atoms in total. The molecule has 1 aromatic carbocycles. The quantitative estimate of drug-likeness (QED) is 0.727. The number of nitrogens with two attached hydrogens (primary N) is 1. The number of hydrogen-bond donors (Lipinski definition) is 1. The van der Waals surface area contributed by atoms with Crippen LogP contribution in [0.2, 0.25) is 0 Å². The number of amides is 1. The Hall–Kier alpha value is -2.67. The molecule has 1 amide bonds. The molecule has 22 heavy (non-hydrogen) atoms. The number of benzene rings is 1. The van der Waals surface area contributed by atoms with Gasteiger partial charge in [0, 0.05) is 16.7 Å². The van der Waals surface area contributed by atoms with E-state index in [1.54, 1.807) is 24.4 Å². The van der Waals surface area contributed by atoms with Crippen molar-refractivity contribution in [2.75, 3.05) is 0 Å². The van der Waals surface area contributed by atoms with Crippen molar-refractivity contribution < 1.29 is 9.32 Å². The van der Waals surface area contributed by atoms with Crippen molar-refractivity contribution in [3.63, 3.8) is 0 Å². The maximum absolute atomic E-state index is 11.2. The zero-order chi connectivity index (χ0) is 15.4. The van der Waals surface area contributed by atoms with Gasteiger partial charge < -0.3 is 10.3 Å². The monoisotopic (exact) mass is 312 g/mol. The van der Waals surface area contributed by atoms with E-state index in [1.807, 2.05) is 24.3 Å². The summed E-state index contributed by atoms with van der Waals surface area (Å²) in [5.74, 6) is 1.01. The average molecular weight is 312 g/mol. The SMILES string of the molecule is NC(=O)c1cccc(SCc2nc(-c3ccccn3)no2)c1. The van der Waals surface area contributed by atoms with Gasteiger partial charge in [0.15, 0.2) is 0 Å². The molecule has 0 aliphatic rings. The highest BCUT2D eigenvalue weighted by Gasteiger charge is 2.10. The zero-order valence-corrected chi connectivity index (χ0v) is 12.3. The van der Waals surface area contributed by atoms with Crippen molar-refractivity contribution in [1.82, 2.24) is 15.1 Å². The summed E-state index contributed by atoms with van der Waals surface area (Å²) in [7, 11) is 0. The number of hydrogen-bond acceptors (Lipinski definition) is 6. The molecule has 0 saturated carbocycles. The largest absolute Gasteiger partial charge is 0.366 e. The third-order valence-electron chi connectivity index (χ3n) is 2.84. The van der Waals surface area contributed by atoms with Gasteiger partial charge in [-0.2, -0.15) is 4.98 Å². The van der Waals surface area contributed by atoms with Gasteiger partial charge in [-0.3, -0.25) is 9.78 Å². The van der Waals surface area contributed by atoms with Crippen LogP contribution in [0.1, 0.15) is 16.2 Å². The van der Waals surface area contributed by atoms with Gasteiger partial charge in [-0.1, -0.05) is 17.3 Å². The first-order chi connectivity index (χ1) is 10.7. The maximum Gasteiger partial charge on any atom is 0.248 e. The normalized spacial score (nSPS) is 10.5. The molecule has 0 spiro atoms. The van der Waals surface area contributed by atoms with Crippen LogP contribution in [0.15, 0.2) is 58.1 Å². The van der Waals surface area contributed by atoms with E-state index in [4.69, 9.17) is 10.3 Å². The van der Waals surface area contributed by atoms with E-state index >= 15 is 0 Å². The molecule has 0 radical (unpaired) electrons. The first-order valence-electron chi connectivity index (χ1n) is 6.49. The standard InChI is InChI=1S/C15H12N4O2S/c16-14(20)10-4-3-5-11(8-10)22-9-13-18-15(19-21-13)12-6-1-2-7-17-12/h1-8H,9H2,(H2,16,20). The third kappa shape index (κ3) is 3.32. The van der Waals surface area contributed by atoms with Crippen LogP contribution in [0, 0.1) is 0 Å². The van der Waals surface area contributed by atoms with E-state index in [0.717, 1.165) is 4.90 Å².